The van der Waals surface area contributed by atoms with E-state index in [1.807, 2.05) is 0 Å². The molecule has 0 saturated carbocycles. The van der Waals surface area contributed by atoms with Gasteiger partial charge in [-0.25, -0.2) is 9.59 Å². The molecule has 1 amide bonds. The maximum Gasteiger partial charge on any atom is 0.412 e. The highest BCUT2D eigenvalue weighted by Crippen LogP contribution is 2.42. The number of carboxylic acids is 1. The fraction of sp³-hybridized carbons (Fsp3) is 0.867. The van der Waals surface area contributed by atoms with E-state index in [2.05, 4.69) is 4.74 Å². The van der Waals surface area contributed by atoms with Crippen molar-refractivity contribution in [3.8, 4) is 0 Å². The zero-order valence-electron chi connectivity index (χ0n) is 15.9. The third-order valence-corrected chi connectivity index (χ3v) is 8.73. The molecule has 0 aromatic carbocycles. The van der Waals surface area contributed by atoms with Crippen LogP contribution in [0.2, 0.25) is 18.1 Å². The van der Waals surface area contributed by atoms with Gasteiger partial charge in [-0.05, 0) is 38.9 Å². The number of halogens is 3. The van der Waals surface area contributed by atoms with Crippen LogP contribution in [-0.2, 0) is 14.0 Å². The molecule has 0 aromatic rings. The Morgan fingerprint density at radius 3 is 1.80 bits per heavy atom. The van der Waals surface area contributed by atoms with E-state index in [1.165, 1.54) is 13.8 Å². The quantitative estimate of drug-likeness (QED) is 0.675. The van der Waals surface area contributed by atoms with Crippen LogP contribution < -0.4 is 5.32 Å². The number of nitrogens with one attached hydrogen (secondary N) is 1. The molecule has 10 heteroatoms. The Labute approximate surface area is 147 Å². The van der Waals surface area contributed by atoms with Gasteiger partial charge in [0.2, 0.25) is 0 Å². The molecule has 0 saturated heterocycles. The molecule has 0 bridgehead atoms. The lowest BCUT2D eigenvalue weighted by atomic mass is 9.96. The first kappa shape index (κ1) is 23.7. The van der Waals surface area contributed by atoms with Crippen LogP contribution >= 0.6 is 0 Å². The van der Waals surface area contributed by atoms with Crippen LogP contribution in [0.5, 0.6) is 0 Å². The summed E-state index contributed by atoms with van der Waals surface area (Å²) in [6.45, 7) is 12.3. The van der Waals surface area contributed by atoms with Crippen LogP contribution in [0.15, 0.2) is 0 Å². The fourth-order valence-corrected chi connectivity index (χ4v) is 3.38. The minimum absolute atomic E-state index is 0.529. The van der Waals surface area contributed by atoms with E-state index in [-0.39, 0.29) is 0 Å². The number of aliphatic carboxylic acids is 1. The molecule has 0 heterocycles. The average molecular weight is 387 g/mol. The van der Waals surface area contributed by atoms with Crippen molar-refractivity contribution in [2.45, 2.75) is 83.6 Å². The highest BCUT2D eigenvalue weighted by molar-refractivity contribution is 6.74. The van der Waals surface area contributed by atoms with Crippen LogP contribution in [0.25, 0.3) is 0 Å². The van der Waals surface area contributed by atoms with Crippen LogP contribution in [0.3, 0.4) is 0 Å². The van der Waals surface area contributed by atoms with E-state index < -0.39 is 49.3 Å². The average Bonchev–Trinajstić information content (AvgIpc) is 2.31. The Balaban J connectivity index is 5.94. The summed E-state index contributed by atoms with van der Waals surface area (Å²) in [6.07, 6.45) is -7.07. The number of hydrogen-bond acceptors (Lipinski definition) is 4. The van der Waals surface area contributed by atoms with Crippen LogP contribution in [-0.4, -0.2) is 49.4 Å². The molecule has 2 atom stereocenters. The fourth-order valence-electron chi connectivity index (χ4n) is 1.81. The molecular formula is C15H28F3NO5Si. The maximum atomic E-state index is 13.5. The van der Waals surface area contributed by atoms with Gasteiger partial charge in [0, 0.05) is 0 Å². The second-order valence-electron chi connectivity index (χ2n) is 7.85. The van der Waals surface area contributed by atoms with E-state index in [0.29, 0.717) is 0 Å². The third-order valence-electron chi connectivity index (χ3n) is 4.18. The van der Waals surface area contributed by atoms with Gasteiger partial charge in [-0.3, -0.25) is 0 Å². The molecule has 0 aliphatic rings. The molecule has 6 nitrogen and oxygen atoms in total. The summed E-state index contributed by atoms with van der Waals surface area (Å²) < 4.78 is 50.9. The predicted molar refractivity (Wildman–Crippen MR) is 88.9 cm³/mol. The van der Waals surface area contributed by atoms with Gasteiger partial charge in [-0.15, -0.1) is 0 Å². The lowest BCUT2D eigenvalue weighted by Crippen LogP contribution is -2.67. The molecule has 0 aromatic heterocycles. The third kappa shape index (κ3) is 6.18. The first-order valence-corrected chi connectivity index (χ1v) is 10.7. The van der Waals surface area contributed by atoms with Gasteiger partial charge < -0.3 is 19.6 Å². The van der Waals surface area contributed by atoms with Gasteiger partial charge >= 0.3 is 18.2 Å². The molecule has 0 radical (unpaired) electrons. The van der Waals surface area contributed by atoms with E-state index in [4.69, 9.17) is 4.43 Å². The maximum absolute atomic E-state index is 13.5. The summed E-state index contributed by atoms with van der Waals surface area (Å²) in [5.74, 6) is -1.82. The molecule has 0 spiro atoms. The normalized spacial score (nSPS) is 17.0. The smallest absolute Gasteiger partial charge is 0.412 e. The minimum atomic E-state index is -5.05. The number of alkyl halides is 3. The molecule has 0 aliphatic heterocycles. The highest BCUT2D eigenvalue weighted by Gasteiger charge is 2.60. The first-order valence-electron chi connectivity index (χ1n) is 7.82. The van der Waals surface area contributed by atoms with Crippen molar-refractivity contribution in [3.63, 3.8) is 0 Å². The summed E-state index contributed by atoms with van der Waals surface area (Å²) >= 11 is 0. The standard InChI is InChI=1S/C15H28F3NO5Si/c1-9(2)23-12(22)19-10(15(16,17)18)14(6,11(20)21)24-25(7,8)13(3,4)5/h9-10H,1-8H3,(H,19,22)(H,20,21)/t10-,14-/m1/s1. The summed E-state index contributed by atoms with van der Waals surface area (Å²) in [5, 5.41) is 10.6. The topological polar surface area (TPSA) is 84.9 Å². The SMILES string of the molecule is CC(C)OC(=O)N[C@@H](C(F)(F)F)[C@@](C)(O[Si](C)(C)C(C)(C)C)C(=O)O. The molecule has 25 heavy (non-hydrogen) atoms. The van der Waals surface area contributed by atoms with Crippen molar-refractivity contribution in [1.29, 1.82) is 0 Å². The second-order valence-corrected chi connectivity index (χ2v) is 12.6. The first-order chi connectivity index (χ1) is 10.8. The number of carboxylic acid groups (broad SMARTS) is 1. The van der Waals surface area contributed by atoms with Gasteiger partial charge in [0.15, 0.2) is 20.0 Å². The van der Waals surface area contributed by atoms with Gasteiger partial charge in [0.1, 0.15) is 0 Å². The van der Waals surface area contributed by atoms with Crippen molar-refractivity contribution in [3.05, 3.63) is 0 Å². The van der Waals surface area contributed by atoms with Gasteiger partial charge in [0.05, 0.1) is 6.10 Å². The summed E-state index contributed by atoms with van der Waals surface area (Å²) in [5.41, 5.74) is -2.70. The van der Waals surface area contributed by atoms with E-state index in [9.17, 15) is 27.9 Å². The van der Waals surface area contributed by atoms with Crippen molar-refractivity contribution in [2.75, 3.05) is 0 Å². The Kier molecular flexibility index (Phi) is 7.14. The number of carbonyl (C=O) groups is 2. The van der Waals surface area contributed by atoms with Gasteiger partial charge in [0.25, 0.3) is 0 Å². The lowest BCUT2D eigenvalue weighted by Gasteiger charge is -2.45. The molecule has 0 aliphatic carbocycles. The highest BCUT2D eigenvalue weighted by atomic mass is 28.4. The summed E-state index contributed by atoms with van der Waals surface area (Å²) in [7, 11) is -2.90. The largest absolute Gasteiger partial charge is 0.479 e. The number of alkyl carbamates (subject to hydrolysis) is 1. The van der Waals surface area contributed by atoms with Crippen LogP contribution in [0, 0.1) is 0 Å². The van der Waals surface area contributed by atoms with E-state index in [1.54, 1.807) is 39.2 Å². The minimum Gasteiger partial charge on any atom is -0.479 e. The monoisotopic (exact) mass is 387 g/mol. The molecule has 2 N–H and O–H groups in total. The van der Waals surface area contributed by atoms with E-state index >= 15 is 0 Å². The molecule has 148 valence electrons. The van der Waals surface area contributed by atoms with Crippen LogP contribution in [0.4, 0.5) is 18.0 Å². The Hall–Kier alpha value is -1.29. The number of rotatable bonds is 6. The number of ether oxygens (including phenoxy) is 1. The van der Waals surface area contributed by atoms with Crippen LogP contribution in [0.1, 0.15) is 41.5 Å². The summed E-state index contributed by atoms with van der Waals surface area (Å²) in [4.78, 5) is 23.4. The summed E-state index contributed by atoms with van der Waals surface area (Å²) in [6, 6.07) is -2.77. The van der Waals surface area contributed by atoms with Crippen molar-refractivity contribution >= 4 is 20.4 Å². The Morgan fingerprint density at radius 1 is 1.08 bits per heavy atom. The Morgan fingerprint density at radius 2 is 1.52 bits per heavy atom. The van der Waals surface area contributed by atoms with Gasteiger partial charge in [-0.2, -0.15) is 13.2 Å². The predicted octanol–water partition coefficient (Wildman–Crippen LogP) is 3.92. The zero-order chi connectivity index (χ0) is 20.4. The Bertz CT molecular complexity index is 502. The van der Waals surface area contributed by atoms with Crippen molar-refractivity contribution in [2.24, 2.45) is 0 Å². The molecular weight excluding hydrogens is 359 g/mol. The van der Waals surface area contributed by atoms with Crippen molar-refractivity contribution < 1.29 is 37.0 Å². The second kappa shape index (κ2) is 7.53. The lowest BCUT2D eigenvalue weighted by molar-refractivity contribution is -0.205. The molecule has 0 fully saturated rings. The van der Waals surface area contributed by atoms with E-state index in [0.717, 1.165) is 6.92 Å². The number of amides is 1. The number of hydrogen-bond donors (Lipinski definition) is 2. The molecule has 0 rings (SSSR count). The van der Waals surface area contributed by atoms with Gasteiger partial charge in [-0.1, -0.05) is 20.8 Å². The number of carbonyl (C=O) groups excluding carboxylic acids is 1. The zero-order valence-corrected chi connectivity index (χ0v) is 16.9. The molecule has 0 unspecified atom stereocenters. The van der Waals surface area contributed by atoms with Crippen molar-refractivity contribution in [1.82, 2.24) is 5.32 Å².